The minimum atomic E-state index is -0.817. The van der Waals surface area contributed by atoms with E-state index >= 15 is 0 Å². The fourth-order valence-corrected chi connectivity index (χ4v) is 3.10. The number of methoxy groups -OCH3 is 1. The molecule has 0 saturated carbocycles. The zero-order valence-electron chi connectivity index (χ0n) is 14.2. The first kappa shape index (κ1) is 17.1. The Labute approximate surface area is 141 Å². The summed E-state index contributed by atoms with van der Waals surface area (Å²) in [6, 6.07) is 0.355. The molecule has 3 heterocycles. The summed E-state index contributed by atoms with van der Waals surface area (Å²) in [7, 11) is 1.54. The van der Waals surface area contributed by atoms with Gasteiger partial charge in [0.2, 0.25) is 0 Å². The standard InChI is InChI=1S/C16H24N4O4/c1-16(14(21)20-4-6-23-7-5-20)12-19(3-8-24-16)11-13-9-17-15(22-2)18-10-13/h9-10H,3-8,11-12H2,1-2H3. The summed E-state index contributed by atoms with van der Waals surface area (Å²) < 4.78 is 16.2. The first-order chi connectivity index (χ1) is 11.6. The molecule has 1 aromatic rings. The van der Waals surface area contributed by atoms with E-state index in [4.69, 9.17) is 14.2 Å². The minimum absolute atomic E-state index is 0.0430. The van der Waals surface area contributed by atoms with Gasteiger partial charge < -0.3 is 19.1 Å². The van der Waals surface area contributed by atoms with Crippen molar-refractivity contribution in [2.45, 2.75) is 19.1 Å². The van der Waals surface area contributed by atoms with Crippen molar-refractivity contribution in [2.24, 2.45) is 0 Å². The van der Waals surface area contributed by atoms with E-state index in [0.717, 1.165) is 12.1 Å². The molecule has 0 aromatic carbocycles. The van der Waals surface area contributed by atoms with Gasteiger partial charge in [-0.15, -0.1) is 0 Å². The normalized spacial score (nSPS) is 25.5. The second kappa shape index (κ2) is 7.42. The molecule has 3 rings (SSSR count). The van der Waals surface area contributed by atoms with Crippen molar-refractivity contribution >= 4 is 5.91 Å². The van der Waals surface area contributed by atoms with Crippen molar-refractivity contribution in [1.82, 2.24) is 19.8 Å². The molecule has 2 fully saturated rings. The summed E-state index contributed by atoms with van der Waals surface area (Å²) in [4.78, 5) is 25.1. The second-order valence-electron chi connectivity index (χ2n) is 6.27. The van der Waals surface area contributed by atoms with Crippen LogP contribution in [0.25, 0.3) is 0 Å². The van der Waals surface area contributed by atoms with Crippen LogP contribution in [0, 0.1) is 0 Å². The number of carbonyl (C=O) groups is 1. The molecule has 1 aromatic heterocycles. The van der Waals surface area contributed by atoms with Crippen LogP contribution in [0.1, 0.15) is 12.5 Å². The van der Waals surface area contributed by atoms with Gasteiger partial charge in [0.25, 0.3) is 5.91 Å². The van der Waals surface area contributed by atoms with Gasteiger partial charge in [0.05, 0.1) is 26.9 Å². The van der Waals surface area contributed by atoms with Crippen LogP contribution in [0.15, 0.2) is 12.4 Å². The molecular weight excluding hydrogens is 312 g/mol. The van der Waals surface area contributed by atoms with Gasteiger partial charge in [-0.05, 0) is 6.92 Å². The van der Waals surface area contributed by atoms with Crippen molar-refractivity contribution in [1.29, 1.82) is 0 Å². The van der Waals surface area contributed by atoms with Gasteiger partial charge in [0.15, 0.2) is 5.60 Å². The van der Waals surface area contributed by atoms with Gasteiger partial charge in [-0.3, -0.25) is 9.69 Å². The number of rotatable bonds is 4. The van der Waals surface area contributed by atoms with Crippen molar-refractivity contribution in [2.75, 3.05) is 53.1 Å². The van der Waals surface area contributed by atoms with Crippen LogP contribution in [0.5, 0.6) is 6.01 Å². The highest BCUT2D eigenvalue weighted by atomic mass is 16.5. The summed E-state index contributed by atoms with van der Waals surface area (Å²) in [5.41, 5.74) is 0.169. The Kier molecular flexibility index (Phi) is 5.27. The molecular formula is C16H24N4O4. The number of amides is 1. The van der Waals surface area contributed by atoms with Crippen LogP contribution in [-0.2, 0) is 20.8 Å². The van der Waals surface area contributed by atoms with Crippen LogP contribution in [0.2, 0.25) is 0 Å². The highest BCUT2D eigenvalue weighted by Crippen LogP contribution is 2.22. The lowest BCUT2D eigenvalue weighted by Gasteiger charge is -2.42. The first-order valence-corrected chi connectivity index (χ1v) is 8.19. The Morgan fingerprint density at radius 3 is 2.62 bits per heavy atom. The van der Waals surface area contributed by atoms with E-state index in [0.29, 0.717) is 52.0 Å². The van der Waals surface area contributed by atoms with Crippen LogP contribution in [0.4, 0.5) is 0 Å². The van der Waals surface area contributed by atoms with E-state index in [9.17, 15) is 4.79 Å². The second-order valence-corrected chi connectivity index (χ2v) is 6.27. The lowest BCUT2D eigenvalue weighted by molar-refractivity contribution is -0.171. The molecule has 24 heavy (non-hydrogen) atoms. The third kappa shape index (κ3) is 3.82. The van der Waals surface area contributed by atoms with Crippen molar-refractivity contribution in [3.05, 3.63) is 18.0 Å². The lowest BCUT2D eigenvalue weighted by Crippen LogP contribution is -2.60. The Morgan fingerprint density at radius 2 is 1.96 bits per heavy atom. The Balaban J connectivity index is 1.62. The molecule has 8 heteroatoms. The molecule has 0 bridgehead atoms. The van der Waals surface area contributed by atoms with Crippen LogP contribution in [-0.4, -0.2) is 84.4 Å². The number of hydrogen-bond donors (Lipinski definition) is 0. The first-order valence-electron chi connectivity index (χ1n) is 8.19. The van der Waals surface area contributed by atoms with E-state index in [2.05, 4.69) is 14.9 Å². The quantitative estimate of drug-likeness (QED) is 0.762. The molecule has 8 nitrogen and oxygen atoms in total. The average molecular weight is 336 g/mol. The molecule has 2 saturated heterocycles. The van der Waals surface area contributed by atoms with E-state index in [-0.39, 0.29) is 5.91 Å². The van der Waals surface area contributed by atoms with Gasteiger partial charge in [0.1, 0.15) is 0 Å². The number of aromatic nitrogens is 2. The summed E-state index contributed by atoms with van der Waals surface area (Å²) in [6.07, 6.45) is 3.50. The van der Waals surface area contributed by atoms with E-state index < -0.39 is 5.60 Å². The maximum Gasteiger partial charge on any atom is 0.316 e. The highest BCUT2D eigenvalue weighted by molar-refractivity contribution is 5.85. The van der Waals surface area contributed by atoms with E-state index in [1.807, 2.05) is 11.8 Å². The summed E-state index contributed by atoms with van der Waals surface area (Å²) in [5, 5.41) is 0. The molecule has 0 N–H and O–H groups in total. The van der Waals surface area contributed by atoms with Gasteiger partial charge in [-0.25, -0.2) is 9.97 Å². The van der Waals surface area contributed by atoms with Crippen LogP contribution in [0.3, 0.4) is 0 Å². The molecule has 2 aliphatic rings. The number of ether oxygens (including phenoxy) is 3. The minimum Gasteiger partial charge on any atom is -0.467 e. The van der Waals surface area contributed by atoms with Gasteiger partial charge in [-0.1, -0.05) is 0 Å². The maximum absolute atomic E-state index is 12.8. The SMILES string of the molecule is COc1ncc(CN2CCOC(C)(C(=O)N3CCOCC3)C2)cn1. The third-order valence-corrected chi connectivity index (χ3v) is 4.37. The van der Waals surface area contributed by atoms with E-state index in [1.54, 1.807) is 19.5 Å². The molecule has 0 aliphatic carbocycles. The molecule has 1 unspecified atom stereocenters. The van der Waals surface area contributed by atoms with Crippen LogP contribution >= 0.6 is 0 Å². The number of hydrogen-bond acceptors (Lipinski definition) is 7. The average Bonchev–Trinajstić information content (AvgIpc) is 2.62. The summed E-state index contributed by atoms with van der Waals surface area (Å²) in [6.45, 7) is 6.86. The fourth-order valence-electron chi connectivity index (χ4n) is 3.10. The fraction of sp³-hybridized carbons (Fsp3) is 0.688. The number of nitrogens with zero attached hydrogens (tertiary/aromatic N) is 4. The zero-order chi connectivity index (χ0) is 17.0. The molecule has 1 atom stereocenters. The zero-order valence-corrected chi connectivity index (χ0v) is 14.2. The monoisotopic (exact) mass is 336 g/mol. The highest BCUT2D eigenvalue weighted by Gasteiger charge is 2.42. The summed E-state index contributed by atoms with van der Waals surface area (Å²) in [5.74, 6) is 0.0430. The number of carbonyl (C=O) groups excluding carboxylic acids is 1. The topological polar surface area (TPSA) is 77.0 Å². The van der Waals surface area contributed by atoms with E-state index in [1.165, 1.54) is 0 Å². The predicted octanol–water partition coefficient (Wildman–Crippen LogP) is -0.0651. The van der Waals surface area contributed by atoms with Crippen molar-refractivity contribution in [3.63, 3.8) is 0 Å². The molecule has 1 amide bonds. The number of morpholine rings is 2. The molecule has 132 valence electrons. The van der Waals surface area contributed by atoms with Gasteiger partial charge in [0, 0.05) is 50.7 Å². The van der Waals surface area contributed by atoms with Gasteiger partial charge >= 0.3 is 6.01 Å². The van der Waals surface area contributed by atoms with Crippen LogP contribution < -0.4 is 4.74 Å². The third-order valence-electron chi connectivity index (χ3n) is 4.37. The molecule has 0 radical (unpaired) electrons. The molecule has 2 aliphatic heterocycles. The van der Waals surface area contributed by atoms with Crippen molar-refractivity contribution in [3.8, 4) is 6.01 Å². The predicted molar refractivity (Wildman–Crippen MR) is 85.6 cm³/mol. The maximum atomic E-state index is 12.8. The molecule has 0 spiro atoms. The summed E-state index contributed by atoms with van der Waals surface area (Å²) >= 11 is 0. The Morgan fingerprint density at radius 1 is 1.25 bits per heavy atom. The van der Waals surface area contributed by atoms with Crippen molar-refractivity contribution < 1.29 is 19.0 Å². The lowest BCUT2D eigenvalue weighted by atomic mass is 10.0. The largest absolute Gasteiger partial charge is 0.467 e. The Hall–Kier alpha value is -1.77. The Bertz CT molecular complexity index is 562. The van der Waals surface area contributed by atoms with Gasteiger partial charge in [-0.2, -0.15) is 0 Å². The smallest absolute Gasteiger partial charge is 0.316 e.